The van der Waals surface area contributed by atoms with Gasteiger partial charge in [0.2, 0.25) is 0 Å². The number of fused-ring (bicyclic) bond motifs is 1. The Kier molecular flexibility index (Phi) is 5.84. The molecule has 0 atom stereocenters. The molecule has 1 aromatic carbocycles. The molecule has 0 fully saturated rings. The summed E-state index contributed by atoms with van der Waals surface area (Å²) in [4.78, 5) is 14.4. The summed E-state index contributed by atoms with van der Waals surface area (Å²) in [6.45, 7) is 5.67. The summed E-state index contributed by atoms with van der Waals surface area (Å²) < 4.78 is 17.0. The smallest absolute Gasteiger partial charge is 0.260 e. The SMILES string of the molecule is COCCN(Cc1ccsc1)C(=O)COc1cccc2c1OC(C)(C)C2. The van der Waals surface area contributed by atoms with Gasteiger partial charge in [0.25, 0.3) is 5.91 Å². The van der Waals surface area contributed by atoms with E-state index < -0.39 is 0 Å². The van der Waals surface area contributed by atoms with Crippen molar-refractivity contribution in [2.24, 2.45) is 0 Å². The summed E-state index contributed by atoms with van der Waals surface area (Å²) in [5.74, 6) is 1.32. The summed E-state index contributed by atoms with van der Waals surface area (Å²) in [5, 5.41) is 4.06. The molecule has 0 saturated heterocycles. The molecule has 0 bridgehead atoms. The quantitative estimate of drug-likeness (QED) is 0.708. The molecule has 2 heterocycles. The Morgan fingerprint density at radius 1 is 1.35 bits per heavy atom. The van der Waals surface area contributed by atoms with E-state index in [9.17, 15) is 4.79 Å². The van der Waals surface area contributed by atoms with Crippen LogP contribution >= 0.6 is 11.3 Å². The predicted molar refractivity (Wildman–Crippen MR) is 102 cm³/mol. The first kappa shape index (κ1) is 18.7. The molecule has 0 spiro atoms. The molecule has 0 N–H and O–H groups in total. The second kappa shape index (κ2) is 8.10. The molecular formula is C20H25NO4S. The monoisotopic (exact) mass is 375 g/mol. The van der Waals surface area contributed by atoms with Crippen LogP contribution in [0.5, 0.6) is 11.5 Å². The summed E-state index contributed by atoms with van der Waals surface area (Å²) in [6, 6.07) is 7.86. The summed E-state index contributed by atoms with van der Waals surface area (Å²) in [5.41, 5.74) is 1.99. The third-order valence-electron chi connectivity index (χ3n) is 4.28. The maximum absolute atomic E-state index is 12.7. The third kappa shape index (κ3) is 4.56. The average Bonchev–Trinajstić information content (AvgIpc) is 3.22. The minimum atomic E-state index is -0.241. The van der Waals surface area contributed by atoms with E-state index in [4.69, 9.17) is 14.2 Å². The standard InChI is InChI=1S/C20H25NO4S/c1-20(2)11-16-5-4-6-17(19(16)25-20)24-13-18(22)21(8-9-23-3)12-15-7-10-26-14-15/h4-7,10,14H,8-9,11-13H2,1-3H3. The van der Waals surface area contributed by atoms with Gasteiger partial charge in [-0.25, -0.2) is 0 Å². The van der Waals surface area contributed by atoms with Crippen LogP contribution in [-0.2, 0) is 22.5 Å². The zero-order valence-corrected chi connectivity index (χ0v) is 16.3. The molecule has 3 rings (SSSR count). The first-order valence-corrected chi connectivity index (χ1v) is 9.64. The summed E-state index contributed by atoms with van der Waals surface area (Å²) >= 11 is 1.62. The van der Waals surface area contributed by atoms with Gasteiger partial charge in [0, 0.05) is 32.2 Å². The highest BCUT2D eigenvalue weighted by molar-refractivity contribution is 7.07. The van der Waals surface area contributed by atoms with Crippen molar-refractivity contribution in [2.75, 3.05) is 26.9 Å². The lowest BCUT2D eigenvalue weighted by molar-refractivity contribution is -0.134. The third-order valence-corrected chi connectivity index (χ3v) is 5.01. The van der Waals surface area contributed by atoms with Gasteiger partial charge in [0.05, 0.1) is 6.61 Å². The Labute approximate surface area is 158 Å². The van der Waals surface area contributed by atoms with Gasteiger partial charge in [0.15, 0.2) is 18.1 Å². The van der Waals surface area contributed by atoms with Crippen molar-refractivity contribution in [3.05, 3.63) is 46.2 Å². The van der Waals surface area contributed by atoms with Crippen LogP contribution in [0.15, 0.2) is 35.0 Å². The Bertz CT molecular complexity index is 742. The van der Waals surface area contributed by atoms with E-state index in [1.165, 1.54) is 0 Å². The van der Waals surface area contributed by atoms with E-state index in [-0.39, 0.29) is 18.1 Å². The lowest BCUT2D eigenvalue weighted by Crippen LogP contribution is -2.36. The van der Waals surface area contributed by atoms with Crippen LogP contribution in [0, 0.1) is 0 Å². The van der Waals surface area contributed by atoms with Crippen LogP contribution in [0.2, 0.25) is 0 Å². The first-order valence-electron chi connectivity index (χ1n) is 8.70. The Morgan fingerprint density at radius 2 is 2.19 bits per heavy atom. The van der Waals surface area contributed by atoms with Gasteiger partial charge in [-0.3, -0.25) is 4.79 Å². The number of ether oxygens (including phenoxy) is 3. The van der Waals surface area contributed by atoms with Crippen LogP contribution in [0.4, 0.5) is 0 Å². The normalized spacial score (nSPS) is 14.6. The minimum absolute atomic E-state index is 0.0197. The Morgan fingerprint density at radius 3 is 2.92 bits per heavy atom. The second-order valence-corrected chi connectivity index (χ2v) is 7.79. The molecule has 0 unspecified atom stereocenters. The molecule has 140 valence electrons. The number of benzene rings is 1. The van der Waals surface area contributed by atoms with Crippen molar-refractivity contribution >= 4 is 17.2 Å². The maximum Gasteiger partial charge on any atom is 0.260 e. The average molecular weight is 375 g/mol. The van der Waals surface area contributed by atoms with Crippen molar-refractivity contribution in [1.82, 2.24) is 4.90 Å². The van der Waals surface area contributed by atoms with Crippen molar-refractivity contribution < 1.29 is 19.0 Å². The highest BCUT2D eigenvalue weighted by Gasteiger charge is 2.32. The zero-order chi connectivity index (χ0) is 18.6. The highest BCUT2D eigenvalue weighted by atomic mass is 32.1. The molecule has 1 amide bonds. The van der Waals surface area contributed by atoms with Crippen molar-refractivity contribution in [3.8, 4) is 11.5 Å². The largest absolute Gasteiger partial charge is 0.483 e. The van der Waals surface area contributed by atoms with Crippen LogP contribution in [0.1, 0.15) is 25.0 Å². The minimum Gasteiger partial charge on any atom is -0.483 e. The van der Waals surface area contributed by atoms with Gasteiger partial charge < -0.3 is 19.1 Å². The predicted octanol–water partition coefficient (Wildman–Crippen LogP) is 3.52. The molecule has 6 heteroatoms. The topological polar surface area (TPSA) is 48.0 Å². The number of hydrogen-bond donors (Lipinski definition) is 0. The van der Waals surface area contributed by atoms with Crippen LogP contribution in [0.25, 0.3) is 0 Å². The van der Waals surface area contributed by atoms with Crippen LogP contribution in [0.3, 0.4) is 0 Å². The molecular weight excluding hydrogens is 350 g/mol. The second-order valence-electron chi connectivity index (χ2n) is 7.01. The Balaban J connectivity index is 1.64. The number of carbonyl (C=O) groups is 1. The molecule has 2 aromatic rings. The fourth-order valence-corrected chi connectivity index (χ4v) is 3.69. The highest BCUT2D eigenvalue weighted by Crippen LogP contribution is 2.41. The Hall–Kier alpha value is -2.05. The number of thiophene rings is 1. The fourth-order valence-electron chi connectivity index (χ4n) is 3.03. The number of para-hydroxylation sites is 1. The molecule has 26 heavy (non-hydrogen) atoms. The molecule has 1 aromatic heterocycles. The summed E-state index contributed by atoms with van der Waals surface area (Å²) in [6.07, 6.45) is 0.839. The number of methoxy groups -OCH3 is 1. The van der Waals surface area contributed by atoms with E-state index in [2.05, 4.69) is 13.8 Å². The summed E-state index contributed by atoms with van der Waals surface area (Å²) in [7, 11) is 1.64. The number of amides is 1. The first-order chi connectivity index (χ1) is 12.5. The fraction of sp³-hybridized carbons (Fsp3) is 0.450. The molecule has 5 nitrogen and oxygen atoms in total. The molecule has 1 aliphatic heterocycles. The van der Waals surface area contributed by atoms with Crippen molar-refractivity contribution in [1.29, 1.82) is 0 Å². The van der Waals surface area contributed by atoms with Crippen LogP contribution < -0.4 is 9.47 Å². The number of carbonyl (C=O) groups excluding carboxylic acids is 1. The maximum atomic E-state index is 12.7. The lowest BCUT2D eigenvalue weighted by Gasteiger charge is -2.22. The molecule has 0 saturated carbocycles. The van der Waals surface area contributed by atoms with Crippen molar-refractivity contribution in [2.45, 2.75) is 32.4 Å². The van der Waals surface area contributed by atoms with E-state index >= 15 is 0 Å². The lowest BCUT2D eigenvalue weighted by atomic mass is 10.0. The number of hydrogen-bond acceptors (Lipinski definition) is 5. The van der Waals surface area contributed by atoms with E-state index in [1.807, 2.05) is 35.0 Å². The van der Waals surface area contributed by atoms with E-state index in [0.717, 1.165) is 23.3 Å². The van der Waals surface area contributed by atoms with Gasteiger partial charge in [-0.05, 0) is 42.3 Å². The number of rotatable bonds is 8. The van der Waals surface area contributed by atoms with Gasteiger partial charge >= 0.3 is 0 Å². The van der Waals surface area contributed by atoms with Gasteiger partial charge in [-0.2, -0.15) is 11.3 Å². The van der Waals surface area contributed by atoms with Crippen molar-refractivity contribution in [3.63, 3.8) is 0 Å². The number of nitrogens with zero attached hydrogens (tertiary/aromatic N) is 1. The van der Waals surface area contributed by atoms with Gasteiger partial charge in [-0.1, -0.05) is 12.1 Å². The molecule has 1 aliphatic rings. The van der Waals surface area contributed by atoms with Gasteiger partial charge in [-0.15, -0.1) is 0 Å². The van der Waals surface area contributed by atoms with E-state index in [0.29, 0.717) is 25.4 Å². The van der Waals surface area contributed by atoms with E-state index in [1.54, 1.807) is 23.3 Å². The molecule has 0 aliphatic carbocycles. The molecule has 0 radical (unpaired) electrons. The van der Waals surface area contributed by atoms with Gasteiger partial charge in [0.1, 0.15) is 5.60 Å². The zero-order valence-electron chi connectivity index (χ0n) is 15.5. The van der Waals surface area contributed by atoms with Crippen LogP contribution in [-0.4, -0.2) is 43.3 Å².